The summed E-state index contributed by atoms with van der Waals surface area (Å²) in [5, 5.41) is 10.1. The third kappa shape index (κ3) is 23.5. The average Bonchev–Trinajstić information content (AvgIpc) is 1.33. The molecule has 0 spiro atoms. The monoisotopic (exact) mass is 1880 g/mol. The minimum absolute atomic E-state index is 0.0135. The Kier molecular flexibility index (Phi) is 36.0. The van der Waals surface area contributed by atoms with Crippen LogP contribution in [0.3, 0.4) is 0 Å². The van der Waals surface area contributed by atoms with Crippen LogP contribution in [0.1, 0.15) is 213 Å². The first-order valence-corrected chi connectivity index (χ1v) is 46.8. The Bertz CT molecular complexity index is 4920. The molecule has 34 nitrogen and oxygen atoms in total. The second-order valence-electron chi connectivity index (χ2n) is 38.3. The maximum atomic E-state index is 17.3. The molecular weight excluding hydrogens is 1750 g/mol. The number of hydrogen-bond acceptors (Lipinski definition) is 27. The minimum Gasteiger partial charge on any atom is -0.459 e. The van der Waals surface area contributed by atoms with Crippen LogP contribution in [-0.4, -0.2) is 261 Å². The number of nitrogens with zero attached hydrogens (tertiary/aromatic N) is 9. The Balaban J connectivity index is 0.000000287. The van der Waals surface area contributed by atoms with E-state index in [1.807, 2.05) is 74.4 Å². The molecule has 738 valence electrons. The van der Waals surface area contributed by atoms with Crippen LogP contribution >= 0.6 is 0 Å². The summed E-state index contributed by atoms with van der Waals surface area (Å²) in [6.45, 7) is 24.9. The molecular formula is C99H134F2N10O24. The van der Waals surface area contributed by atoms with Crippen LogP contribution in [0.25, 0.3) is 32.0 Å². The van der Waals surface area contributed by atoms with Crippen LogP contribution in [0.5, 0.6) is 0 Å². The number of cyclic esters (lactones) is 2. The van der Waals surface area contributed by atoms with Gasteiger partial charge in [0.15, 0.2) is 35.3 Å². The van der Waals surface area contributed by atoms with Crippen molar-refractivity contribution in [3.63, 3.8) is 0 Å². The lowest BCUT2D eigenvalue weighted by molar-refractivity contribution is -0.286. The molecule has 4 aromatic rings. The van der Waals surface area contributed by atoms with Crippen molar-refractivity contribution in [3.05, 3.63) is 152 Å². The van der Waals surface area contributed by atoms with Crippen molar-refractivity contribution in [1.29, 1.82) is 0 Å². The first-order chi connectivity index (χ1) is 63.9. The maximum absolute atomic E-state index is 17.3. The van der Waals surface area contributed by atoms with Gasteiger partial charge in [0.25, 0.3) is 11.3 Å². The van der Waals surface area contributed by atoms with Gasteiger partial charge in [0, 0.05) is 116 Å². The van der Waals surface area contributed by atoms with E-state index >= 15 is 8.78 Å². The lowest BCUT2D eigenvalue weighted by Gasteiger charge is -2.48. The van der Waals surface area contributed by atoms with Gasteiger partial charge < -0.3 is 81.6 Å². The number of nitrogens with one attached hydrogen (secondary N) is 1. The number of benzene rings is 4. The van der Waals surface area contributed by atoms with Crippen molar-refractivity contribution in [2.24, 2.45) is 57.6 Å². The number of alkyl halides is 2. The van der Waals surface area contributed by atoms with Gasteiger partial charge >= 0.3 is 42.2 Å². The number of esters is 4. The molecule has 0 aromatic heterocycles. The molecule has 6 aliphatic heterocycles. The van der Waals surface area contributed by atoms with E-state index in [4.69, 9.17) is 72.6 Å². The average molecular weight is 1890 g/mol. The lowest BCUT2D eigenvalue weighted by atomic mass is 9.73. The summed E-state index contributed by atoms with van der Waals surface area (Å²) < 4.78 is 114. The number of rotatable bonds is 28. The fraction of sp³-hybridized carbons (Fsp3) is 0.646. The summed E-state index contributed by atoms with van der Waals surface area (Å²) in [5.74, 6) is -14.7. The van der Waals surface area contributed by atoms with Crippen LogP contribution < -0.4 is 5.32 Å². The quantitative estimate of drug-likeness (QED) is 0.0105. The molecule has 6 fully saturated rings. The van der Waals surface area contributed by atoms with Crippen LogP contribution in [0, 0.1) is 47.3 Å². The molecule has 26 atom stereocenters. The van der Waals surface area contributed by atoms with Gasteiger partial charge in [-0.2, -0.15) is 0 Å². The second-order valence-corrected chi connectivity index (χ2v) is 38.3. The number of hydrogen-bond donors (Lipinski definition) is 1. The standard InChI is InChI=1S/C56H70FN5O13.C43H64FN5O11/c1-10-44-56(8)46(62(53(68)75-56)27-19-18-26-59-61-58)34(4)45(63)32(2)29-54(6,69-9)48(35(5)47(64)55(7,57)51(66)73-44)74-50-33(3)43(28-37(72-50)30-70-49(65)36-20-12-11-13-21-36)60-52(67)71-31-42-40-24-16-14-22-38(40)39-23-15-17-25-41(39)42;1-12-32-43(8)34(49(40(54)60-43)21-17-16-20-46-47-45)27(4)33(50)25(2)23-41(6,55-11)36(28(5)35(51)42(7,44)39(53)58-32)59-38-26(3)31(48(9)10)22-30(57-38)24-56-37(52)29-18-14-13-15-19-29/h11-17,20-25,32-35,37,42-44,46,48,50H,10,18-19,26-31H2,1-9H3,(H,60,67);13-15,18-19,25-28,30-32,34,36,38H,12,16-17,20-24H2,1-11H3/t32-,33?,34+,35+,37?,43?,44-,46-,48-,50?,54+,55+,56-;25-,26?,27+,28+,30?,31?,32-,34-,36-,38?,41+,42+,43-/m11/s1. The molecule has 0 bridgehead atoms. The summed E-state index contributed by atoms with van der Waals surface area (Å²) in [6.07, 6.45) is -9.20. The van der Waals surface area contributed by atoms with E-state index in [1.165, 1.54) is 44.8 Å². The number of fused-ring (bicyclic) bond motifs is 5. The zero-order chi connectivity index (χ0) is 99.1. The number of methoxy groups -OCH3 is 2. The first-order valence-electron chi connectivity index (χ1n) is 46.8. The Hall–Kier alpha value is -10.6. The number of alkyl carbamates (subject to hydrolysis) is 1. The predicted octanol–water partition coefficient (Wildman–Crippen LogP) is 15.9. The van der Waals surface area contributed by atoms with Crippen LogP contribution in [0.15, 0.2) is 119 Å². The molecule has 7 aliphatic rings. The Morgan fingerprint density at radius 3 is 1.29 bits per heavy atom. The highest BCUT2D eigenvalue weighted by Gasteiger charge is 2.65. The molecule has 135 heavy (non-hydrogen) atoms. The lowest BCUT2D eigenvalue weighted by Crippen LogP contribution is -2.61. The Labute approximate surface area is 788 Å². The number of ketones is 4. The fourth-order valence-corrected chi connectivity index (χ4v) is 21.1. The molecule has 1 N–H and O–H groups in total. The molecule has 4 aromatic carbocycles. The number of carbonyl (C=O) groups is 11. The zero-order valence-electron chi connectivity index (χ0n) is 81.1. The van der Waals surface area contributed by atoms with E-state index in [0.717, 1.165) is 36.1 Å². The van der Waals surface area contributed by atoms with Crippen molar-refractivity contribution in [2.75, 3.05) is 74.3 Å². The SMILES string of the molecule is CC[C@H]1OC(=O)[C@@](C)(F)C(=O)[C@H](C)[C@@H](OC2OC(COC(=O)c3ccccc3)CC(N(C)C)C2C)[C@@](C)(OC)C[C@@H](C)C(=O)[C@H](C)[C@H]2N(CCCCN=[N+]=[N-])C(=O)O[C@]12C.CC[C@H]1OC(=O)[C@@](C)(F)C(=O)[C@H](C)[C@@H](OC2OC(COC(=O)c3ccccc3)CC(NC(=O)OCC3c4ccccc4-c4ccccc43)C2C)[C@@](C)(OC)C[C@@H](C)C(=O)[C@H](C)[C@H]2N(CCCCN=[N+]=[N-])C(=O)O[C@]12C. The fourth-order valence-electron chi connectivity index (χ4n) is 21.1. The molecule has 6 saturated heterocycles. The number of carbonyl (C=O) groups excluding carboxylic acids is 11. The molecule has 0 radical (unpaired) electrons. The van der Waals surface area contributed by atoms with Gasteiger partial charge in [-0.15, -0.1) is 0 Å². The predicted molar refractivity (Wildman–Crippen MR) is 489 cm³/mol. The number of amides is 3. The van der Waals surface area contributed by atoms with Gasteiger partial charge in [-0.25, -0.2) is 42.3 Å². The van der Waals surface area contributed by atoms with Crippen LogP contribution in [-0.2, 0) is 90.3 Å². The van der Waals surface area contributed by atoms with E-state index in [2.05, 4.69) is 25.4 Å². The van der Waals surface area contributed by atoms with Crippen molar-refractivity contribution in [1.82, 2.24) is 20.0 Å². The summed E-state index contributed by atoms with van der Waals surface area (Å²) in [4.78, 5) is 165. The molecule has 0 saturated carbocycles. The van der Waals surface area contributed by atoms with Crippen molar-refractivity contribution < 1.29 is 123 Å². The Morgan fingerprint density at radius 1 is 0.519 bits per heavy atom. The van der Waals surface area contributed by atoms with Gasteiger partial charge in [-0.3, -0.25) is 19.2 Å². The highest BCUT2D eigenvalue weighted by Crippen LogP contribution is 2.50. The van der Waals surface area contributed by atoms with Crippen LogP contribution in [0.4, 0.5) is 23.2 Å². The van der Waals surface area contributed by atoms with Crippen molar-refractivity contribution >= 4 is 65.3 Å². The number of ether oxygens (including phenoxy) is 13. The molecule has 1 aliphatic carbocycles. The van der Waals surface area contributed by atoms with Gasteiger partial charge in [0.1, 0.15) is 43.6 Å². The largest absolute Gasteiger partial charge is 0.459 e. The smallest absolute Gasteiger partial charge is 0.410 e. The van der Waals surface area contributed by atoms with E-state index in [1.54, 1.807) is 130 Å². The molecule has 6 heterocycles. The zero-order valence-corrected chi connectivity index (χ0v) is 81.1. The highest BCUT2D eigenvalue weighted by molar-refractivity contribution is 6.09. The summed E-state index contributed by atoms with van der Waals surface area (Å²) >= 11 is 0. The minimum atomic E-state index is -3.29. The third-order valence-corrected chi connectivity index (χ3v) is 28.7. The topological polar surface area (TPSA) is 427 Å². The normalized spacial score (nSPS) is 34.2. The summed E-state index contributed by atoms with van der Waals surface area (Å²) in [5.41, 5.74) is 9.52. The molecule has 11 rings (SSSR count). The molecule has 3 amide bonds. The number of Topliss-reactive ketones (excluding diaryl/α,β-unsaturated/α-hetero) is 4. The van der Waals surface area contributed by atoms with E-state index < -0.39 is 196 Å². The van der Waals surface area contributed by atoms with Gasteiger partial charge in [-0.05, 0) is 177 Å². The molecule has 8 unspecified atom stereocenters. The number of halogens is 2. The van der Waals surface area contributed by atoms with Crippen LogP contribution in [0.2, 0.25) is 0 Å². The molecule has 36 heteroatoms. The van der Waals surface area contributed by atoms with E-state index in [-0.39, 0.29) is 108 Å². The summed E-state index contributed by atoms with van der Waals surface area (Å²) in [7, 11) is 6.58. The first kappa shape index (κ1) is 106. The second kappa shape index (κ2) is 45.6. The number of azide groups is 2. The van der Waals surface area contributed by atoms with Gasteiger partial charge in [-0.1, -0.05) is 164 Å². The van der Waals surface area contributed by atoms with E-state index in [9.17, 15) is 52.7 Å². The van der Waals surface area contributed by atoms with Gasteiger partial charge in [0.2, 0.25) is 0 Å². The maximum Gasteiger partial charge on any atom is 0.410 e. The van der Waals surface area contributed by atoms with Gasteiger partial charge in [0.05, 0.1) is 58.8 Å². The summed E-state index contributed by atoms with van der Waals surface area (Å²) in [6, 6.07) is 29.9. The van der Waals surface area contributed by atoms with Crippen molar-refractivity contribution in [2.45, 2.75) is 288 Å². The highest BCUT2D eigenvalue weighted by atomic mass is 19.1. The third-order valence-electron chi connectivity index (χ3n) is 28.7. The Morgan fingerprint density at radius 2 is 0.904 bits per heavy atom. The van der Waals surface area contributed by atoms with Crippen molar-refractivity contribution in [3.8, 4) is 11.1 Å². The number of unbranched alkanes of at least 4 members (excludes halogenated alkanes) is 2. The van der Waals surface area contributed by atoms with E-state index in [0.29, 0.717) is 43.2 Å².